The predicted octanol–water partition coefficient (Wildman–Crippen LogP) is 3.10. The molecule has 0 saturated carbocycles. The number of amides is 1. The Morgan fingerprint density at radius 3 is 3.13 bits per heavy atom. The van der Waals surface area contributed by atoms with Crippen molar-refractivity contribution < 1.29 is 9.53 Å². The average Bonchev–Trinajstić information content (AvgIpc) is 3.09. The van der Waals surface area contributed by atoms with Crippen LogP contribution in [0.15, 0.2) is 42.0 Å². The number of ether oxygens (including phenoxy) is 1. The third kappa shape index (κ3) is 3.90. The molecule has 2 heterocycles. The van der Waals surface area contributed by atoms with Crippen molar-refractivity contribution in [3.63, 3.8) is 0 Å². The molecule has 7 heteroatoms. The van der Waals surface area contributed by atoms with Gasteiger partial charge in [0.1, 0.15) is 0 Å². The molecule has 0 aliphatic heterocycles. The molecule has 2 aromatic heterocycles. The molecule has 0 spiro atoms. The molecule has 1 N–H and O–H groups in total. The van der Waals surface area contributed by atoms with Crippen LogP contribution in [0.1, 0.15) is 17.4 Å². The fourth-order valence-electron chi connectivity index (χ4n) is 2.34. The molecule has 1 atom stereocenters. The lowest BCUT2D eigenvalue weighted by atomic mass is 10.1. The molecular formula is C16H16ClN3O2S. The molecule has 23 heavy (non-hydrogen) atoms. The summed E-state index contributed by atoms with van der Waals surface area (Å²) in [6, 6.07) is 7.44. The molecule has 3 aromatic rings. The minimum atomic E-state index is -0.233. The van der Waals surface area contributed by atoms with E-state index in [1.165, 1.54) is 0 Å². The molecule has 0 radical (unpaired) electrons. The summed E-state index contributed by atoms with van der Waals surface area (Å²) in [5, 5.41) is 5.49. The van der Waals surface area contributed by atoms with Crippen molar-refractivity contribution in [3.8, 4) is 0 Å². The Morgan fingerprint density at radius 2 is 2.39 bits per heavy atom. The van der Waals surface area contributed by atoms with Gasteiger partial charge in [-0.15, -0.1) is 11.3 Å². The molecule has 0 aliphatic rings. The number of rotatable bonds is 6. The van der Waals surface area contributed by atoms with E-state index >= 15 is 0 Å². The topological polar surface area (TPSA) is 55.6 Å². The van der Waals surface area contributed by atoms with Crippen molar-refractivity contribution in [2.24, 2.45) is 0 Å². The number of methoxy groups -OCH3 is 1. The van der Waals surface area contributed by atoms with Crippen LogP contribution in [0.25, 0.3) is 4.96 Å². The van der Waals surface area contributed by atoms with Gasteiger partial charge in [0.15, 0.2) is 4.96 Å². The first-order valence-corrected chi connectivity index (χ1v) is 8.37. The lowest BCUT2D eigenvalue weighted by molar-refractivity contribution is -0.121. The van der Waals surface area contributed by atoms with Crippen molar-refractivity contribution in [1.82, 2.24) is 14.7 Å². The summed E-state index contributed by atoms with van der Waals surface area (Å²) in [5.41, 5.74) is 1.69. The van der Waals surface area contributed by atoms with E-state index < -0.39 is 0 Å². The molecule has 0 aliphatic carbocycles. The molecule has 0 bridgehead atoms. The smallest absolute Gasteiger partial charge is 0.226 e. The van der Waals surface area contributed by atoms with Gasteiger partial charge in [-0.3, -0.25) is 9.20 Å². The van der Waals surface area contributed by atoms with Crippen LogP contribution in [0, 0.1) is 0 Å². The summed E-state index contributed by atoms with van der Waals surface area (Å²) >= 11 is 7.53. The third-order valence-corrected chi connectivity index (χ3v) is 4.48. The molecule has 5 nitrogen and oxygen atoms in total. The fourth-order valence-corrected chi connectivity index (χ4v) is 3.26. The second-order valence-electron chi connectivity index (χ2n) is 5.09. The maximum absolute atomic E-state index is 12.1. The highest BCUT2D eigenvalue weighted by Crippen LogP contribution is 2.19. The summed E-state index contributed by atoms with van der Waals surface area (Å²) in [7, 11) is 1.61. The Hall–Kier alpha value is -1.89. The summed E-state index contributed by atoms with van der Waals surface area (Å²) in [5.74, 6) is -0.0835. The second kappa shape index (κ2) is 7.12. The summed E-state index contributed by atoms with van der Waals surface area (Å²) in [6.45, 7) is 0.387. The number of fused-ring (bicyclic) bond motifs is 1. The standard InChI is InChI=1S/C16H16ClN3O2S/c1-22-14(11-3-2-4-12(17)7-11)9-18-15(21)8-13-10-20-5-6-23-16(20)19-13/h2-7,10,14H,8-9H2,1H3,(H,18,21)/t14-/m1/s1. The van der Waals surface area contributed by atoms with Crippen LogP contribution in [0.3, 0.4) is 0 Å². The van der Waals surface area contributed by atoms with Crippen molar-refractivity contribution in [2.45, 2.75) is 12.5 Å². The highest BCUT2D eigenvalue weighted by atomic mass is 35.5. The number of hydrogen-bond donors (Lipinski definition) is 1. The number of carbonyl (C=O) groups excluding carboxylic acids is 1. The molecule has 120 valence electrons. The van der Waals surface area contributed by atoms with Gasteiger partial charge in [0.25, 0.3) is 0 Å². The van der Waals surface area contributed by atoms with Crippen LogP contribution >= 0.6 is 22.9 Å². The zero-order valence-corrected chi connectivity index (χ0v) is 14.1. The number of hydrogen-bond acceptors (Lipinski definition) is 4. The molecule has 0 saturated heterocycles. The van der Waals surface area contributed by atoms with E-state index in [4.69, 9.17) is 16.3 Å². The van der Waals surface area contributed by atoms with Crippen LogP contribution in [0.2, 0.25) is 5.02 Å². The summed E-state index contributed by atoms with van der Waals surface area (Å²) < 4.78 is 7.35. The van der Waals surface area contributed by atoms with Crippen LogP contribution < -0.4 is 5.32 Å². The van der Waals surface area contributed by atoms with Gasteiger partial charge in [-0.1, -0.05) is 23.7 Å². The molecule has 0 unspecified atom stereocenters. The summed E-state index contributed by atoms with van der Waals surface area (Å²) in [6.07, 6.45) is 3.81. The molecule has 3 rings (SSSR count). The number of imidazole rings is 1. The van der Waals surface area contributed by atoms with Gasteiger partial charge >= 0.3 is 0 Å². The van der Waals surface area contributed by atoms with Gasteiger partial charge in [-0.2, -0.15) is 0 Å². The predicted molar refractivity (Wildman–Crippen MR) is 91.0 cm³/mol. The van der Waals surface area contributed by atoms with Gasteiger partial charge < -0.3 is 10.1 Å². The molecule has 1 amide bonds. The highest BCUT2D eigenvalue weighted by Gasteiger charge is 2.14. The van der Waals surface area contributed by atoms with Crippen molar-refractivity contribution in [2.75, 3.05) is 13.7 Å². The highest BCUT2D eigenvalue weighted by molar-refractivity contribution is 7.15. The number of nitrogens with one attached hydrogen (secondary N) is 1. The number of aromatic nitrogens is 2. The van der Waals surface area contributed by atoms with E-state index in [-0.39, 0.29) is 18.4 Å². The quantitative estimate of drug-likeness (QED) is 0.744. The number of carbonyl (C=O) groups is 1. The van der Waals surface area contributed by atoms with Gasteiger partial charge in [-0.05, 0) is 17.7 Å². The van der Waals surface area contributed by atoms with Gasteiger partial charge in [-0.25, -0.2) is 4.98 Å². The number of benzene rings is 1. The number of nitrogens with zero attached hydrogens (tertiary/aromatic N) is 2. The van der Waals surface area contributed by atoms with E-state index in [2.05, 4.69) is 10.3 Å². The second-order valence-corrected chi connectivity index (χ2v) is 6.39. The van der Waals surface area contributed by atoms with E-state index in [1.54, 1.807) is 24.5 Å². The largest absolute Gasteiger partial charge is 0.375 e. The zero-order chi connectivity index (χ0) is 16.2. The Kier molecular flexibility index (Phi) is 4.95. The van der Waals surface area contributed by atoms with E-state index in [0.717, 1.165) is 16.2 Å². The first-order chi connectivity index (χ1) is 11.2. The average molecular weight is 350 g/mol. The van der Waals surface area contributed by atoms with E-state index in [9.17, 15) is 4.79 Å². The monoisotopic (exact) mass is 349 g/mol. The van der Waals surface area contributed by atoms with E-state index in [0.29, 0.717) is 11.6 Å². The maximum atomic E-state index is 12.1. The first kappa shape index (κ1) is 16.0. The Labute approximate surface area is 142 Å². The minimum absolute atomic E-state index is 0.0835. The van der Waals surface area contributed by atoms with Crippen LogP contribution in [0.4, 0.5) is 0 Å². The molecule has 1 aromatic carbocycles. The first-order valence-electron chi connectivity index (χ1n) is 7.12. The number of halogens is 1. The van der Waals surface area contributed by atoms with Crippen molar-refractivity contribution in [1.29, 1.82) is 0 Å². The van der Waals surface area contributed by atoms with Crippen molar-refractivity contribution >= 4 is 33.8 Å². The zero-order valence-electron chi connectivity index (χ0n) is 12.5. The number of thiazole rings is 1. The SMILES string of the molecule is CO[C@H](CNC(=O)Cc1cn2ccsc2n1)c1cccc(Cl)c1. The lowest BCUT2D eigenvalue weighted by Gasteiger charge is -2.16. The fraction of sp³-hybridized carbons (Fsp3) is 0.250. The Morgan fingerprint density at radius 1 is 1.52 bits per heavy atom. The summed E-state index contributed by atoms with van der Waals surface area (Å²) in [4.78, 5) is 17.4. The normalized spacial score (nSPS) is 12.4. The molecule has 0 fully saturated rings. The Balaban J connectivity index is 1.57. The van der Waals surface area contributed by atoms with Gasteiger partial charge in [0.05, 0.1) is 18.2 Å². The van der Waals surface area contributed by atoms with Gasteiger partial charge in [0, 0.05) is 36.5 Å². The minimum Gasteiger partial charge on any atom is -0.375 e. The van der Waals surface area contributed by atoms with Crippen LogP contribution in [0.5, 0.6) is 0 Å². The third-order valence-electron chi connectivity index (χ3n) is 3.47. The van der Waals surface area contributed by atoms with Gasteiger partial charge in [0.2, 0.25) is 5.91 Å². The Bertz CT molecular complexity index is 786. The van der Waals surface area contributed by atoms with Crippen LogP contribution in [-0.2, 0) is 16.0 Å². The molecular weight excluding hydrogens is 334 g/mol. The van der Waals surface area contributed by atoms with Crippen LogP contribution in [-0.4, -0.2) is 28.9 Å². The maximum Gasteiger partial charge on any atom is 0.226 e. The van der Waals surface area contributed by atoms with Crippen molar-refractivity contribution in [3.05, 3.63) is 58.3 Å². The van der Waals surface area contributed by atoms with E-state index in [1.807, 2.05) is 40.4 Å². The lowest BCUT2D eigenvalue weighted by Crippen LogP contribution is -2.30.